The Bertz CT molecular complexity index is 1320. The normalized spacial score (nSPS) is 19.5. The van der Waals surface area contributed by atoms with Gasteiger partial charge in [0.1, 0.15) is 17.3 Å². The van der Waals surface area contributed by atoms with Crippen molar-refractivity contribution in [2.24, 2.45) is 0 Å². The average molecular weight is 568 g/mol. The van der Waals surface area contributed by atoms with Crippen LogP contribution in [0.2, 0.25) is 10.0 Å². The molecule has 0 bridgehead atoms. The first kappa shape index (κ1) is 27.1. The van der Waals surface area contributed by atoms with E-state index in [4.69, 9.17) is 32.4 Å². The molecule has 0 saturated carbocycles. The lowest BCUT2D eigenvalue weighted by Crippen LogP contribution is -2.63. The fraction of sp³-hybridized carbons (Fsp3) is 0.444. The number of anilines is 1. The SMILES string of the molecule is C[C@@](NC(=O)C(F)(F)c1cc2cc(Cl)ccc2o1)([C@H](O)c1ccc(N2CCOCC2)c(Cl)c1)N1CCCC1. The van der Waals surface area contributed by atoms with E-state index in [0.717, 1.165) is 24.6 Å². The molecule has 38 heavy (non-hydrogen) atoms. The van der Waals surface area contributed by atoms with Gasteiger partial charge in [-0.2, -0.15) is 8.78 Å². The number of halogens is 4. The van der Waals surface area contributed by atoms with Crippen LogP contribution in [0, 0.1) is 0 Å². The number of nitrogens with one attached hydrogen (secondary N) is 1. The first-order chi connectivity index (χ1) is 18.1. The molecule has 0 radical (unpaired) electrons. The first-order valence-corrected chi connectivity index (χ1v) is 13.3. The quantitative estimate of drug-likeness (QED) is 0.402. The standard InChI is InChI=1S/C27H29Cl2F2N3O4/c1-26(34-8-2-3-9-34,24(35)17-4-6-21(20(29)15-17)33-10-12-37-13-11-33)32-25(36)27(30,31)23-16-18-14-19(28)5-7-22(18)38-23/h4-7,14-16,24,35H,2-3,8-13H2,1H3,(H,32,36)/t24-,26+/m1/s1. The molecule has 2 aliphatic rings. The van der Waals surface area contributed by atoms with Gasteiger partial charge in [0.25, 0.3) is 5.91 Å². The number of nitrogens with zero attached hydrogens (tertiary/aromatic N) is 2. The summed E-state index contributed by atoms with van der Waals surface area (Å²) >= 11 is 12.6. The van der Waals surface area contributed by atoms with Gasteiger partial charge in [-0.05, 0) is 61.7 Å². The fourth-order valence-corrected chi connectivity index (χ4v) is 5.66. The summed E-state index contributed by atoms with van der Waals surface area (Å²) in [6.45, 7) is 5.17. The monoisotopic (exact) mass is 567 g/mol. The van der Waals surface area contributed by atoms with Gasteiger partial charge in [0.05, 0.1) is 23.9 Å². The highest BCUT2D eigenvalue weighted by molar-refractivity contribution is 6.33. The van der Waals surface area contributed by atoms with Crippen LogP contribution in [-0.2, 0) is 15.5 Å². The lowest BCUT2D eigenvalue weighted by molar-refractivity contribution is -0.158. The average Bonchev–Trinajstić information content (AvgIpc) is 3.59. The third kappa shape index (κ3) is 5.10. The van der Waals surface area contributed by atoms with Crippen molar-refractivity contribution in [2.75, 3.05) is 44.3 Å². The number of likely N-dealkylation sites (tertiary alicyclic amines) is 1. The zero-order chi connectivity index (χ0) is 27.1. The van der Waals surface area contributed by atoms with E-state index in [2.05, 4.69) is 10.2 Å². The molecule has 2 aliphatic heterocycles. The Hall–Kier alpha value is -2.43. The van der Waals surface area contributed by atoms with Crippen molar-refractivity contribution in [1.29, 1.82) is 0 Å². The second-order valence-corrected chi connectivity index (χ2v) is 10.7. The Kier molecular flexibility index (Phi) is 7.59. The molecule has 0 aliphatic carbocycles. The van der Waals surface area contributed by atoms with E-state index in [0.29, 0.717) is 60.4 Å². The van der Waals surface area contributed by atoms with Crippen LogP contribution in [0.25, 0.3) is 11.0 Å². The van der Waals surface area contributed by atoms with Crippen LogP contribution in [-0.4, -0.2) is 61.0 Å². The smallest absolute Gasteiger partial charge is 0.381 e. The molecule has 3 heterocycles. The lowest BCUT2D eigenvalue weighted by Gasteiger charge is -2.43. The van der Waals surface area contributed by atoms with Crippen molar-refractivity contribution in [2.45, 2.75) is 37.5 Å². The van der Waals surface area contributed by atoms with E-state index < -0.39 is 29.4 Å². The molecule has 2 aromatic carbocycles. The number of benzene rings is 2. The predicted molar refractivity (Wildman–Crippen MR) is 142 cm³/mol. The van der Waals surface area contributed by atoms with E-state index in [9.17, 15) is 9.90 Å². The maximum absolute atomic E-state index is 15.4. The van der Waals surface area contributed by atoms with Gasteiger partial charge in [0.2, 0.25) is 0 Å². The Balaban J connectivity index is 1.43. The summed E-state index contributed by atoms with van der Waals surface area (Å²) in [6, 6.07) is 10.7. The molecular formula is C27H29Cl2F2N3O4. The van der Waals surface area contributed by atoms with Gasteiger partial charge in [-0.25, -0.2) is 0 Å². The Morgan fingerprint density at radius 3 is 2.45 bits per heavy atom. The number of aliphatic hydroxyl groups excluding tert-OH is 1. The highest BCUT2D eigenvalue weighted by Crippen LogP contribution is 2.39. The molecule has 7 nitrogen and oxygen atoms in total. The number of carbonyl (C=O) groups excluding carboxylic acids is 1. The maximum Gasteiger partial charge on any atom is 0.381 e. The van der Waals surface area contributed by atoms with E-state index in [1.54, 1.807) is 25.1 Å². The Morgan fingerprint density at radius 1 is 1.05 bits per heavy atom. The summed E-state index contributed by atoms with van der Waals surface area (Å²) < 4.78 is 41.5. The minimum Gasteiger partial charge on any atom is -0.454 e. The van der Waals surface area contributed by atoms with Gasteiger partial charge in [-0.1, -0.05) is 29.3 Å². The number of hydrogen-bond acceptors (Lipinski definition) is 6. The van der Waals surface area contributed by atoms with Crippen LogP contribution in [0.3, 0.4) is 0 Å². The molecule has 3 aromatic rings. The zero-order valence-electron chi connectivity index (χ0n) is 20.9. The fourth-order valence-electron chi connectivity index (χ4n) is 5.17. The van der Waals surface area contributed by atoms with Crippen LogP contribution in [0.4, 0.5) is 14.5 Å². The van der Waals surface area contributed by atoms with E-state index in [1.165, 1.54) is 18.2 Å². The molecule has 11 heteroatoms. The summed E-state index contributed by atoms with van der Waals surface area (Å²) in [4.78, 5) is 17.0. The van der Waals surface area contributed by atoms with Crippen molar-refractivity contribution in [3.63, 3.8) is 0 Å². The molecular weight excluding hydrogens is 539 g/mol. The minimum absolute atomic E-state index is 0.189. The van der Waals surface area contributed by atoms with E-state index in [1.807, 2.05) is 4.90 Å². The maximum atomic E-state index is 15.4. The van der Waals surface area contributed by atoms with Crippen LogP contribution in [0.5, 0.6) is 0 Å². The molecule has 0 spiro atoms. The summed E-state index contributed by atoms with van der Waals surface area (Å²) in [6.07, 6.45) is 0.289. The third-order valence-corrected chi connectivity index (χ3v) is 7.91. The number of morpholine rings is 1. The number of amides is 1. The number of alkyl halides is 2. The Labute approximate surface area is 229 Å². The summed E-state index contributed by atoms with van der Waals surface area (Å²) in [5.41, 5.74) is -0.136. The second-order valence-electron chi connectivity index (χ2n) is 9.88. The molecule has 1 aromatic heterocycles. The van der Waals surface area contributed by atoms with Crippen molar-refractivity contribution >= 4 is 45.8 Å². The zero-order valence-corrected chi connectivity index (χ0v) is 22.4. The highest BCUT2D eigenvalue weighted by Gasteiger charge is 2.50. The number of carbonyl (C=O) groups is 1. The summed E-state index contributed by atoms with van der Waals surface area (Å²) in [5.74, 6) is -6.38. The lowest BCUT2D eigenvalue weighted by atomic mass is 9.94. The second kappa shape index (κ2) is 10.6. The molecule has 2 atom stereocenters. The van der Waals surface area contributed by atoms with Crippen LogP contribution < -0.4 is 10.2 Å². The number of ether oxygens (including phenoxy) is 1. The third-order valence-electron chi connectivity index (χ3n) is 7.37. The van der Waals surface area contributed by atoms with Gasteiger partial charge in [-0.15, -0.1) is 0 Å². The van der Waals surface area contributed by atoms with Crippen molar-refractivity contribution < 1.29 is 27.8 Å². The molecule has 204 valence electrons. The number of furan rings is 1. The molecule has 2 N–H and O–H groups in total. The van der Waals surface area contributed by atoms with Gasteiger partial charge in [0, 0.05) is 36.6 Å². The predicted octanol–water partition coefficient (Wildman–Crippen LogP) is 5.33. The van der Waals surface area contributed by atoms with Crippen LogP contribution in [0.1, 0.15) is 37.2 Å². The highest BCUT2D eigenvalue weighted by atomic mass is 35.5. The van der Waals surface area contributed by atoms with Gasteiger partial charge >= 0.3 is 5.92 Å². The molecule has 0 unspecified atom stereocenters. The Morgan fingerprint density at radius 2 is 1.76 bits per heavy atom. The summed E-state index contributed by atoms with van der Waals surface area (Å²) in [5, 5.41) is 15.1. The van der Waals surface area contributed by atoms with E-state index >= 15 is 8.78 Å². The molecule has 2 saturated heterocycles. The topological polar surface area (TPSA) is 78.2 Å². The molecule has 5 rings (SSSR count). The number of rotatable bonds is 7. The number of fused-ring (bicyclic) bond motifs is 1. The van der Waals surface area contributed by atoms with Gasteiger partial charge < -0.3 is 24.5 Å². The van der Waals surface area contributed by atoms with Crippen molar-refractivity contribution in [3.05, 3.63) is 63.8 Å². The summed E-state index contributed by atoms with van der Waals surface area (Å²) in [7, 11) is 0. The van der Waals surface area contributed by atoms with Crippen molar-refractivity contribution in [3.8, 4) is 0 Å². The molecule has 2 fully saturated rings. The van der Waals surface area contributed by atoms with Crippen LogP contribution >= 0.6 is 23.2 Å². The minimum atomic E-state index is -4.00. The van der Waals surface area contributed by atoms with Gasteiger partial charge in [0.15, 0.2) is 5.76 Å². The molecule has 1 amide bonds. The van der Waals surface area contributed by atoms with E-state index in [-0.39, 0.29) is 5.58 Å². The first-order valence-electron chi connectivity index (χ1n) is 12.5. The largest absolute Gasteiger partial charge is 0.454 e. The van der Waals surface area contributed by atoms with Crippen LogP contribution in [0.15, 0.2) is 46.9 Å². The van der Waals surface area contributed by atoms with Crippen molar-refractivity contribution in [1.82, 2.24) is 10.2 Å². The number of aliphatic hydroxyl groups is 1. The van der Waals surface area contributed by atoms with Gasteiger partial charge in [-0.3, -0.25) is 9.69 Å². The number of hydrogen-bond donors (Lipinski definition) is 2.